The van der Waals surface area contributed by atoms with E-state index in [2.05, 4.69) is 37.1 Å². The van der Waals surface area contributed by atoms with Crippen molar-refractivity contribution in [3.63, 3.8) is 0 Å². The topological polar surface area (TPSA) is 146 Å². The summed E-state index contributed by atoms with van der Waals surface area (Å²) in [6, 6.07) is 11.5. The van der Waals surface area contributed by atoms with Crippen molar-refractivity contribution in [1.82, 2.24) is 29.8 Å². The Morgan fingerprint density at radius 2 is 2.08 bits per heavy atom. The predicted octanol–water partition coefficient (Wildman–Crippen LogP) is 4.25. The number of imidazole rings is 1. The summed E-state index contributed by atoms with van der Waals surface area (Å²) < 4.78 is 13.7. The summed E-state index contributed by atoms with van der Waals surface area (Å²) in [4.78, 5) is 28.6. The minimum atomic E-state index is -0.311. The molecule has 1 amide bonds. The van der Waals surface area contributed by atoms with Gasteiger partial charge in [0.2, 0.25) is 11.8 Å². The first-order valence-electron chi connectivity index (χ1n) is 11.3. The van der Waals surface area contributed by atoms with Gasteiger partial charge in [-0.1, -0.05) is 6.58 Å². The van der Waals surface area contributed by atoms with Gasteiger partial charge in [0.25, 0.3) is 0 Å². The Hall–Kier alpha value is -5.19. The number of amides is 1. The molecule has 5 rings (SSSR count). The van der Waals surface area contributed by atoms with Crippen molar-refractivity contribution in [3.05, 3.63) is 79.2 Å². The highest BCUT2D eigenvalue weighted by Crippen LogP contribution is 2.34. The van der Waals surface area contributed by atoms with Crippen LogP contribution in [0.5, 0.6) is 11.5 Å². The van der Waals surface area contributed by atoms with Gasteiger partial charge in [-0.2, -0.15) is 0 Å². The lowest BCUT2D eigenvalue weighted by Gasteiger charge is -2.13. The number of benzene rings is 2. The summed E-state index contributed by atoms with van der Waals surface area (Å²) in [5.74, 6) is 1.94. The van der Waals surface area contributed by atoms with Gasteiger partial charge in [0.1, 0.15) is 41.3 Å². The molecule has 0 saturated carbocycles. The number of hydrogen-bond acceptors (Lipinski definition) is 9. The zero-order chi connectivity index (χ0) is 25.9. The maximum atomic E-state index is 11.4. The molecular weight excluding hydrogens is 472 g/mol. The number of oxazole rings is 1. The first kappa shape index (κ1) is 23.5. The van der Waals surface area contributed by atoms with E-state index in [1.807, 2.05) is 54.9 Å². The van der Waals surface area contributed by atoms with Gasteiger partial charge in [-0.25, -0.2) is 19.9 Å². The second kappa shape index (κ2) is 9.82. The van der Waals surface area contributed by atoms with Crippen LogP contribution >= 0.6 is 0 Å². The van der Waals surface area contributed by atoms with E-state index in [-0.39, 0.29) is 24.2 Å². The van der Waals surface area contributed by atoms with Gasteiger partial charge in [-0.05, 0) is 48.9 Å². The number of nitrogens with one attached hydrogen (secondary N) is 2. The molecule has 11 heteroatoms. The highest BCUT2D eigenvalue weighted by atomic mass is 16.5. The fraction of sp³-hybridized carbons (Fsp3) is 0.115. The fourth-order valence-electron chi connectivity index (χ4n) is 3.74. The molecule has 0 fully saturated rings. The normalized spacial score (nSPS) is 10.9. The first-order valence-corrected chi connectivity index (χ1v) is 11.3. The van der Waals surface area contributed by atoms with Gasteiger partial charge >= 0.3 is 0 Å². The first-order chi connectivity index (χ1) is 17.9. The van der Waals surface area contributed by atoms with E-state index < -0.39 is 0 Å². The number of rotatable bonds is 8. The summed E-state index contributed by atoms with van der Waals surface area (Å²) in [6.07, 6.45) is 5.75. The third kappa shape index (κ3) is 4.96. The highest BCUT2D eigenvalue weighted by Gasteiger charge is 2.18. The van der Waals surface area contributed by atoms with Crippen LogP contribution in [0.15, 0.2) is 72.4 Å². The molecule has 3 aromatic heterocycles. The number of carbonyl (C=O) groups is 1. The van der Waals surface area contributed by atoms with Crippen LogP contribution in [0, 0.1) is 6.92 Å². The molecule has 0 bridgehead atoms. The lowest BCUT2D eigenvalue weighted by molar-refractivity contribution is -0.116. The molecule has 0 atom stereocenters. The summed E-state index contributed by atoms with van der Waals surface area (Å²) in [5.41, 5.74) is 10.6. The van der Waals surface area contributed by atoms with E-state index in [0.717, 1.165) is 22.3 Å². The van der Waals surface area contributed by atoms with Crippen LogP contribution in [0.1, 0.15) is 11.3 Å². The van der Waals surface area contributed by atoms with Gasteiger partial charge in [0.05, 0.1) is 29.6 Å². The smallest absolute Gasteiger partial charge is 0.243 e. The van der Waals surface area contributed by atoms with Crippen molar-refractivity contribution in [2.24, 2.45) is 7.05 Å². The average molecular weight is 497 g/mol. The number of nitrogens with two attached hydrogens (primary N) is 1. The van der Waals surface area contributed by atoms with Crippen molar-refractivity contribution in [2.75, 3.05) is 11.1 Å². The number of nitrogens with zero attached hydrogens (tertiary/aromatic N) is 5. The molecule has 5 aromatic rings. The van der Waals surface area contributed by atoms with Crippen LogP contribution in [-0.2, 0) is 18.4 Å². The molecule has 0 aliphatic carbocycles. The van der Waals surface area contributed by atoms with Gasteiger partial charge in [0.15, 0.2) is 0 Å². The monoisotopic (exact) mass is 496 g/mol. The molecule has 186 valence electrons. The SMILES string of the molecule is C=CC(=O)NCc1coc(-c2c(N)ncnc2Nc2ccc(Oc3ccc4c(c3)ncn4C)c(C)c2)n1. The Morgan fingerprint density at radius 3 is 2.89 bits per heavy atom. The van der Waals surface area contributed by atoms with Gasteiger partial charge < -0.3 is 30.1 Å². The molecule has 0 aliphatic heterocycles. The van der Waals surface area contributed by atoms with E-state index in [1.165, 1.54) is 18.7 Å². The number of ether oxygens (including phenoxy) is 1. The number of fused-ring (bicyclic) bond motifs is 1. The van der Waals surface area contributed by atoms with E-state index >= 15 is 0 Å². The summed E-state index contributed by atoms with van der Waals surface area (Å²) in [7, 11) is 1.95. The number of hydrogen-bond donors (Lipinski definition) is 3. The Bertz CT molecular complexity index is 1620. The van der Waals surface area contributed by atoms with Crippen LogP contribution in [0.25, 0.3) is 22.5 Å². The van der Waals surface area contributed by atoms with Crippen molar-refractivity contribution >= 4 is 34.3 Å². The minimum Gasteiger partial charge on any atom is -0.457 e. The molecule has 2 aromatic carbocycles. The number of aromatic nitrogens is 5. The average Bonchev–Trinajstić information content (AvgIpc) is 3.50. The van der Waals surface area contributed by atoms with E-state index in [9.17, 15) is 4.79 Å². The molecule has 3 heterocycles. The third-order valence-electron chi connectivity index (χ3n) is 5.63. The van der Waals surface area contributed by atoms with Crippen LogP contribution < -0.4 is 21.1 Å². The second-order valence-corrected chi connectivity index (χ2v) is 8.26. The van der Waals surface area contributed by atoms with Crippen molar-refractivity contribution in [2.45, 2.75) is 13.5 Å². The largest absolute Gasteiger partial charge is 0.457 e. The molecule has 37 heavy (non-hydrogen) atoms. The third-order valence-corrected chi connectivity index (χ3v) is 5.63. The summed E-state index contributed by atoms with van der Waals surface area (Å²) in [6.45, 7) is 5.55. The maximum absolute atomic E-state index is 11.4. The molecule has 0 unspecified atom stereocenters. The summed E-state index contributed by atoms with van der Waals surface area (Å²) >= 11 is 0. The van der Waals surface area contributed by atoms with E-state index in [0.29, 0.717) is 28.6 Å². The number of nitrogen functional groups attached to an aromatic ring is 1. The lowest BCUT2D eigenvalue weighted by Crippen LogP contribution is -2.20. The lowest BCUT2D eigenvalue weighted by atomic mass is 10.2. The molecule has 0 saturated heterocycles. The molecule has 0 aliphatic rings. The molecule has 11 nitrogen and oxygen atoms in total. The highest BCUT2D eigenvalue weighted by molar-refractivity contribution is 5.86. The van der Waals surface area contributed by atoms with Crippen molar-refractivity contribution in [1.29, 1.82) is 0 Å². The minimum absolute atomic E-state index is 0.179. The zero-order valence-corrected chi connectivity index (χ0v) is 20.2. The molecule has 0 radical (unpaired) electrons. The summed E-state index contributed by atoms with van der Waals surface area (Å²) in [5, 5.41) is 5.90. The van der Waals surface area contributed by atoms with Crippen LogP contribution in [0.3, 0.4) is 0 Å². The van der Waals surface area contributed by atoms with Crippen molar-refractivity contribution < 1.29 is 13.9 Å². The van der Waals surface area contributed by atoms with Crippen LogP contribution in [0.4, 0.5) is 17.3 Å². The zero-order valence-electron chi connectivity index (χ0n) is 20.2. The number of carbonyl (C=O) groups excluding carboxylic acids is 1. The van der Waals surface area contributed by atoms with Gasteiger partial charge in [0, 0.05) is 18.8 Å². The molecule has 4 N–H and O–H groups in total. The molecular formula is C26H24N8O3. The van der Waals surface area contributed by atoms with Crippen molar-refractivity contribution in [3.8, 4) is 23.0 Å². The van der Waals surface area contributed by atoms with Crippen LogP contribution in [-0.4, -0.2) is 30.4 Å². The van der Waals surface area contributed by atoms with Crippen LogP contribution in [0.2, 0.25) is 0 Å². The Kier molecular flexibility index (Phi) is 6.25. The molecule has 0 spiro atoms. The maximum Gasteiger partial charge on any atom is 0.243 e. The Labute approximate surface area is 212 Å². The van der Waals surface area contributed by atoms with E-state index in [4.69, 9.17) is 14.9 Å². The fourth-order valence-corrected chi connectivity index (χ4v) is 3.74. The standard InChI is InChI=1S/C26H24N8O3/c1-4-22(35)28-11-17-12-36-26(33-17)23-24(27)29-13-30-25(23)32-16-5-8-21(15(2)9-16)37-18-6-7-20-19(10-18)31-14-34(20)3/h4-10,12-14H,1,11H2,2-3H3,(H,28,35)(H3,27,29,30,32). The van der Waals surface area contributed by atoms with Gasteiger partial charge in [-0.15, -0.1) is 0 Å². The van der Waals surface area contributed by atoms with Gasteiger partial charge in [-0.3, -0.25) is 4.79 Å². The Morgan fingerprint density at radius 1 is 1.22 bits per heavy atom. The number of aryl methyl sites for hydroxylation is 2. The quantitative estimate of drug-likeness (QED) is 0.268. The predicted molar refractivity (Wildman–Crippen MR) is 139 cm³/mol. The second-order valence-electron chi connectivity index (χ2n) is 8.26. The number of anilines is 3. The Balaban J connectivity index is 1.35. The van der Waals surface area contributed by atoms with E-state index in [1.54, 1.807) is 6.33 Å².